The molecule has 1 N–H and O–H groups in total. The van der Waals surface area contributed by atoms with Crippen molar-refractivity contribution < 1.29 is 4.39 Å². The van der Waals surface area contributed by atoms with E-state index >= 15 is 0 Å². The molecule has 0 aliphatic carbocycles. The average molecular weight is 388 g/mol. The number of aromatic amines is 1. The monoisotopic (exact) mass is 388 g/mol. The summed E-state index contributed by atoms with van der Waals surface area (Å²) in [5.74, 6) is -0.249. The predicted molar refractivity (Wildman–Crippen MR) is 102 cm³/mol. The molecule has 5 nitrogen and oxygen atoms in total. The zero-order valence-corrected chi connectivity index (χ0v) is 15.8. The summed E-state index contributed by atoms with van der Waals surface area (Å²) in [7, 11) is 0. The highest BCUT2D eigenvalue weighted by Crippen LogP contribution is 2.27. The molecule has 2 aromatic heterocycles. The molecule has 0 amide bonds. The summed E-state index contributed by atoms with van der Waals surface area (Å²) in [5, 5.41) is 1.55. The lowest BCUT2D eigenvalue weighted by molar-refractivity contribution is 0.243. The van der Waals surface area contributed by atoms with Crippen LogP contribution in [0.1, 0.15) is 16.1 Å². The molecule has 0 spiro atoms. The van der Waals surface area contributed by atoms with Crippen molar-refractivity contribution in [2.75, 3.05) is 12.8 Å². The summed E-state index contributed by atoms with van der Waals surface area (Å²) in [6.45, 7) is 2.19. The van der Waals surface area contributed by atoms with Gasteiger partial charge in [-0.25, -0.2) is 14.4 Å². The number of H-pyrrole nitrogens is 1. The summed E-state index contributed by atoms with van der Waals surface area (Å²) in [6.07, 6.45) is 4.54. The van der Waals surface area contributed by atoms with Crippen molar-refractivity contribution in [3.8, 4) is 10.6 Å². The highest BCUT2D eigenvalue weighted by molar-refractivity contribution is 7.98. The minimum absolute atomic E-state index is 0.0413. The number of thioether (sulfide) groups is 1. The predicted octanol–water partition coefficient (Wildman–Crippen LogP) is 3.31. The van der Waals surface area contributed by atoms with E-state index in [1.165, 1.54) is 23.9 Å². The second-order valence-electron chi connectivity index (χ2n) is 6.10. The number of rotatable bonds is 4. The Morgan fingerprint density at radius 2 is 2.15 bits per heavy atom. The minimum atomic E-state index is -0.249. The number of nitrogens with zero attached hydrogens (tertiary/aromatic N) is 3. The van der Waals surface area contributed by atoms with Crippen LogP contribution in [-0.2, 0) is 19.5 Å². The van der Waals surface area contributed by atoms with Gasteiger partial charge in [0.1, 0.15) is 10.8 Å². The molecule has 0 atom stereocenters. The number of hydrogen-bond acceptors (Lipinski definition) is 6. The first-order valence-corrected chi connectivity index (χ1v) is 10.3. The molecule has 1 aromatic carbocycles. The third-order valence-electron chi connectivity index (χ3n) is 4.34. The van der Waals surface area contributed by atoms with Gasteiger partial charge in [-0.15, -0.1) is 11.3 Å². The molecule has 1 aliphatic heterocycles. The SMILES string of the molecule is CSc1nc2c(c(=O)[nH]1)CN(Cc1cnc(-c3ccc(F)cc3)s1)CC2. The van der Waals surface area contributed by atoms with Crippen molar-refractivity contribution >= 4 is 23.1 Å². The van der Waals surface area contributed by atoms with Crippen molar-refractivity contribution in [1.29, 1.82) is 0 Å². The van der Waals surface area contributed by atoms with Gasteiger partial charge in [0.25, 0.3) is 5.56 Å². The van der Waals surface area contributed by atoms with Crippen LogP contribution in [0, 0.1) is 5.82 Å². The van der Waals surface area contributed by atoms with Crippen LogP contribution in [0.25, 0.3) is 10.6 Å². The van der Waals surface area contributed by atoms with E-state index in [4.69, 9.17) is 0 Å². The Morgan fingerprint density at radius 3 is 2.92 bits per heavy atom. The van der Waals surface area contributed by atoms with E-state index in [2.05, 4.69) is 19.9 Å². The smallest absolute Gasteiger partial charge is 0.256 e. The molecule has 26 heavy (non-hydrogen) atoms. The van der Waals surface area contributed by atoms with Gasteiger partial charge in [0.2, 0.25) is 0 Å². The molecular weight excluding hydrogens is 371 g/mol. The Labute approximate surface area is 158 Å². The third kappa shape index (κ3) is 3.58. The number of nitrogens with one attached hydrogen (secondary N) is 1. The van der Waals surface area contributed by atoms with Gasteiger partial charge in [0, 0.05) is 42.7 Å². The van der Waals surface area contributed by atoms with E-state index in [1.807, 2.05) is 12.5 Å². The van der Waals surface area contributed by atoms with Gasteiger partial charge >= 0.3 is 0 Å². The van der Waals surface area contributed by atoms with Crippen molar-refractivity contribution in [3.05, 3.63) is 62.8 Å². The molecular formula is C18H17FN4OS2. The fraction of sp³-hybridized carbons (Fsp3) is 0.278. The Kier molecular flexibility index (Phi) is 4.88. The summed E-state index contributed by atoms with van der Waals surface area (Å²) in [6, 6.07) is 6.37. The van der Waals surface area contributed by atoms with Crippen molar-refractivity contribution in [3.63, 3.8) is 0 Å². The number of fused-ring (bicyclic) bond motifs is 1. The zero-order valence-electron chi connectivity index (χ0n) is 14.2. The van der Waals surface area contributed by atoms with Gasteiger partial charge in [-0.1, -0.05) is 11.8 Å². The summed E-state index contributed by atoms with van der Waals surface area (Å²) < 4.78 is 13.1. The molecule has 1 aliphatic rings. The number of thiazole rings is 1. The summed E-state index contributed by atoms with van der Waals surface area (Å²) in [5.41, 5.74) is 2.54. The Bertz CT molecular complexity index is 984. The maximum Gasteiger partial charge on any atom is 0.256 e. The fourth-order valence-corrected chi connectivity index (χ4v) is 4.37. The van der Waals surface area contributed by atoms with Crippen LogP contribution >= 0.6 is 23.1 Å². The van der Waals surface area contributed by atoms with Crippen molar-refractivity contribution in [1.82, 2.24) is 19.9 Å². The van der Waals surface area contributed by atoms with E-state index in [0.29, 0.717) is 11.7 Å². The quantitative estimate of drug-likeness (QED) is 0.549. The van der Waals surface area contributed by atoms with E-state index in [-0.39, 0.29) is 11.4 Å². The molecule has 3 aromatic rings. The maximum absolute atomic E-state index is 13.1. The van der Waals surface area contributed by atoms with Gasteiger partial charge in [-0.05, 0) is 30.5 Å². The van der Waals surface area contributed by atoms with E-state index in [1.54, 1.807) is 23.5 Å². The molecule has 0 bridgehead atoms. The molecule has 0 fully saturated rings. The van der Waals surface area contributed by atoms with Crippen LogP contribution in [-0.4, -0.2) is 32.7 Å². The maximum atomic E-state index is 13.1. The van der Waals surface area contributed by atoms with E-state index in [0.717, 1.165) is 46.2 Å². The molecule has 0 radical (unpaired) electrons. The molecule has 8 heteroatoms. The first kappa shape index (κ1) is 17.4. The van der Waals surface area contributed by atoms with Crippen LogP contribution in [0.3, 0.4) is 0 Å². The second kappa shape index (κ2) is 7.30. The first-order chi connectivity index (χ1) is 12.6. The Hall–Kier alpha value is -2.03. The van der Waals surface area contributed by atoms with Gasteiger partial charge < -0.3 is 4.98 Å². The molecule has 0 saturated heterocycles. The van der Waals surface area contributed by atoms with Crippen LogP contribution in [0.5, 0.6) is 0 Å². The normalized spacial score (nSPS) is 14.4. The molecule has 0 saturated carbocycles. The highest BCUT2D eigenvalue weighted by Gasteiger charge is 2.21. The Balaban J connectivity index is 1.49. The summed E-state index contributed by atoms with van der Waals surface area (Å²) >= 11 is 3.05. The van der Waals surface area contributed by atoms with Gasteiger partial charge in [-0.2, -0.15) is 0 Å². The highest BCUT2D eigenvalue weighted by atomic mass is 32.2. The van der Waals surface area contributed by atoms with Gasteiger partial charge in [0.05, 0.1) is 11.3 Å². The molecule has 4 rings (SSSR count). The lowest BCUT2D eigenvalue weighted by atomic mass is 10.1. The fourth-order valence-electron chi connectivity index (χ4n) is 3.02. The number of benzene rings is 1. The molecule has 3 heterocycles. The zero-order chi connectivity index (χ0) is 18.1. The second-order valence-corrected chi connectivity index (χ2v) is 8.01. The lowest BCUT2D eigenvalue weighted by Gasteiger charge is -2.26. The van der Waals surface area contributed by atoms with Gasteiger partial charge in [0.15, 0.2) is 5.16 Å². The van der Waals surface area contributed by atoms with Crippen LogP contribution < -0.4 is 5.56 Å². The average Bonchev–Trinajstić information content (AvgIpc) is 3.11. The molecule has 0 unspecified atom stereocenters. The number of hydrogen-bond donors (Lipinski definition) is 1. The van der Waals surface area contributed by atoms with E-state index < -0.39 is 0 Å². The lowest BCUT2D eigenvalue weighted by Crippen LogP contribution is -2.35. The third-order valence-corrected chi connectivity index (χ3v) is 5.95. The Morgan fingerprint density at radius 1 is 1.35 bits per heavy atom. The number of aromatic nitrogens is 3. The standard InChI is InChI=1S/C18H17FN4OS2/c1-25-18-21-15-6-7-23(10-14(15)16(24)22-18)9-13-8-20-17(26-13)11-2-4-12(19)5-3-11/h2-5,8H,6-7,9-10H2,1H3,(H,21,22,24). The van der Waals surface area contributed by atoms with Crippen LogP contribution in [0.2, 0.25) is 0 Å². The van der Waals surface area contributed by atoms with Gasteiger partial charge in [-0.3, -0.25) is 9.69 Å². The van der Waals surface area contributed by atoms with Crippen molar-refractivity contribution in [2.24, 2.45) is 0 Å². The van der Waals surface area contributed by atoms with Crippen LogP contribution in [0.15, 0.2) is 40.4 Å². The summed E-state index contributed by atoms with van der Waals surface area (Å²) in [4.78, 5) is 27.4. The van der Waals surface area contributed by atoms with Crippen molar-refractivity contribution in [2.45, 2.75) is 24.7 Å². The largest absolute Gasteiger partial charge is 0.301 e. The topological polar surface area (TPSA) is 61.9 Å². The minimum Gasteiger partial charge on any atom is -0.301 e. The van der Waals surface area contributed by atoms with Crippen LogP contribution in [0.4, 0.5) is 4.39 Å². The van der Waals surface area contributed by atoms with E-state index in [9.17, 15) is 9.18 Å². The number of halogens is 1. The molecule has 134 valence electrons. The first-order valence-electron chi connectivity index (χ1n) is 8.21.